The normalized spacial score (nSPS) is 15.9. The van der Waals surface area contributed by atoms with E-state index in [0.717, 1.165) is 17.4 Å². The average Bonchev–Trinajstić information content (AvgIpc) is 3.19. The molecule has 0 spiro atoms. The molecule has 0 atom stereocenters. The lowest BCUT2D eigenvalue weighted by molar-refractivity contribution is -0.137. The lowest BCUT2D eigenvalue weighted by Crippen LogP contribution is -2.44. The first-order chi connectivity index (χ1) is 13.8. The van der Waals surface area contributed by atoms with Crippen LogP contribution < -0.4 is 5.32 Å². The second-order valence-electron chi connectivity index (χ2n) is 6.88. The number of carbonyl (C=O) groups is 2. The van der Waals surface area contributed by atoms with Crippen LogP contribution >= 0.6 is 11.3 Å². The van der Waals surface area contributed by atoms with Gasteiger partial charge in [-0.15, -0.1) is 11.3 Å². The molecule has 1 aromatic heterocycles. The van der Waals surface area contributed by atoms with E-state index in [9.17, 15) is 22.8 Å². The second-order valence-corrected chi connectivity index (χ2v) is 7.96. The number of alkyl halides is 3. The number of ether oxygens (including phenoxy) is 1. The van der Waals surface area contributed by atoms with Crippen LogP contribution in [-0.4, -0.2) is 43.0 Å². The lowest BCUT2D eigenvalue weighted by atomic mass is 10.0. The van der Waals surface area contributed by atoms with Crippen LogP contribution in [0.2, 0.25) is 0 Å². The van der Waals surface area contributed by atoms with E-state index in [0.29, 0.717) is 47.8 Å². The number of thiophene rings is 1. The van der Waals surface area contributed by atoms with E-state index < -0.39 is 17.7 Å². The highest BCUT2D eigenvalue weighted by Crippen LogP contribution is 2.30. The largest absolute Gasteiger partial charge is 0.465 e. The van der Waals surface area contributed by atoms with Crippen LogP contribution in [0, 0.1) is 0 Å². The predicted molar refractivity (Wildman–Crippen MR) is 103 cm³/mol. The molecule has 156 valence electrons. The number of carbonyl (C=O) groups excluding carboxylic acids is 2. The van der Waals surface area contributed by atoms with Gasteiger partial charge in [0.25, 0.3) is 5.91 Å². The minimum Gasteiger partial charge on any atom is -0.465 e. The first-order valence-corrected chi connectivity index (χ1v) is 9.95. The summed E-state index contributed by atoms with van der Waals surface area (Å²) in [5.41, 5.74) is -0.0179. The summed E-state index contributed by atoms with van der Waals surface area (Å²) in [5, 5.41) is 2.96. The molecule has 1 amide bonds. The van der Waals surface area contributed by atoms with Crippen LogP contribution in [0.5, 0.6) is 0 Å². The number of piperidine rings is 1. The fraction of sp³-hybridized carbons (Fsp3) is 0.400. The maximum Gasteiger partial charge on any atom is 0.416 e. The second kappa shape index (κ2) is 8.96. The Morgan fingerprint density at radius 1 is 1.17 bits per heavy atom. The number of benzene rings is 1. The lowest BCUT2D eigenvalue weighted by Gasteiger charge is -2.32. The van der Waals surface area contributed by atoms with Crippen molar-refractivity contribution in [1.29, 1.82) is 0 Å². The molecule has 1 saturated heterocycles. The number of esters is 1. The zero-order valence-corrected chi connectivity index (χ0v) is 16.6. The van der Waals surface area contributed by atoms with Gasteiger partial charge in [0.05, 0.1) is 17.6 Å². The number of halogens is 3. The highest BCUT2D eigenvalue weighted by molar-refractivity contribution is 7.15. The summed E-state index contributed by atoms with van der Waals surface area (Å²) >= 11 is 1.08. The van der Waals surface area contributed by atoms with Gasteiger partial charge in [0.2, 0.25) is 0 Å². The molecule has 2 aromatic rings. The standard InChI is InChI=1S/C20H21F3N2O3S/c1-28-19(27)17-6-5-16(29-17)18(26)24-15-7-9-25(10-8-15)12-13-3-2-4-14(11-13)20(21,22)23/h2-6,11,15H,7-10,12H2,1H3,(H,24,26). The molecule has 29 heavy (non-hydrogen) atoms. The molecule has 0 radical (unpaired) electrons. The van der Waals surface area contributed by atoms with E-state index in [-0.39, 0.29) is 11.9 Å². The summed E-state index contributed by atoms with van der Waals surface area (Å²) in [6.45, 7) is 1.80. The molecule has 1 fully saturated rings. The van der Waals surface area contributed by atoms with Gasteiger partial charge >= 0.3 is 12.1 Å². The third kappa shape index (κ3) is 5.57. The molecule has 1 aliphatic heterocycles. The Hall–Kier alpha value is -2.39. The first kappa shape index (κ1) is 21.3. The van der Waals surface area contributed by atoms with Crippen LogP contribution in [0.3, 0.4) is 0 Å². The number of rotatable bonds is 5. The van der Waals surface area contributed by atoms with Gasteiger partial charge in [0.1, 0.15) is 4.88 Å². The number of amides is 1. The van der Waals surface area contributed by atoms with Crippen molar-refractivity contribution in [3.63, 3.8) is 0 Å². The Morgan fingerprint density at radius 2 is 1.86 bits per heavy atom. The molecule has 1 N–H and O–H groups in total. The van der Waals surface area contributed by atoms with Crippen molar-refractivity contribution in [2.45, 2.75) is 31.6 Å². The van der Waals surface area contributed by atoms with Gasteiger partial charge in [0.15, 0.2) is 0 Å². The van der Waals surface area contributed by atoms with Crippen LogP contribution in [0.25, 0.3) is 0 Å². The summed E-state index contributed by atoms with van der Waals surface area (Å²) < 4.78 is 43.2. The molecule has 1 aliphatic rings. The van der Waals surface area contributed by atoms with E-state index in [4.69, 9.17) is 0 Å². The minimum atomic E-state index is -4.34. The van der Waals surface area contributed by atoms with E-state index in [1.807, 2.05) is 0 Å². The van der Waals surface area contributed by atoms with Crippen molar-refractivity contribution in [1.82, 2.24) is 10.2 Å². The van der Waals surface area contributed by atoms with E-state index in [1.165, 1.54) is 19.2 Å². The van der Waals surface area contributed by atoms with Crippen molar-refractivity contribution in [2.75, 3.05) is 20.2 Å². The quantitative estimate of drug-likeness (QED) is 0.736. The predicted octanol–water partition coefficient (Wildman–Crippen LogP) is 3.95. The van der Waals surface area contributed by atoms with Gasteiger partial charge in [-0.05, 0) is 36.6 Å². The van der Waals surface area contributed by atoms with Gasteiger partial charge in [-0.1, -0.05) is 18.2 Å². The van der Waals surface area contributed by atoms with Crippen molar-refractivity contribution >= 4 is 23.2 Å². The van der Waals surface area contributed by atoms with Gasteiger partial charge in [-0.2, -0.15) is 13.2 Å². The Kier molecular flexibility index (Phi) is 6.59. The Labute approximate surface area is 170 Å². The van der Waals surface area contributed by atoms with Gasteiger partial charge in [-0.3, -0.25) is 9.69 Å². The molecule has 9 heteroatoms. The van der Waals surface area contributed by atoms with Gasteiger partial charge in [-0.25, -0.2) is 4.79 Å². The third-order valence-corrected chi connectivity index (χ3v) is 5.86. The van der Waals surface area contributed by atoms with Crippen molar-refractivity contribution in [2.24, 2.45) is 0 Å². The number of likely N-dealkylation sites (tertiary alicyclic amines) is 1. The van der Waals surface area contributed by atoms with E-state index in [2.05, 4.69) is 15.0 Å². The zero-order chi connectivity index (χ0) is 21.0. The maximum absolute atomic E-state index is 12.8. The molecule has 5 nitrogen and oxygen atoms in total. The van der Waals surface area contributed by atoms with Crippen LogP contribution in [0.1, 0.15) is 43.3 Å². The highest BCUT2D eigenvalue weighted by Gasteiger charge is 2.30. The third-order valence-electron chi connectivity index (χ3n) is 4.80. The molecule has 0 aliphatic carbocycles. The average molecular weight is 426 g/mol. The van der Waals surface area contributed by atoms with Gasteiger partial charge < -0.3 is 10.1 Å². The first-order valence-electron chi connectivity index (χ1n) is 9.14. The van der Waals surface area contributed by atoms with Crippen LogP contribution in [-0.2, 0) is 17.5 Å². The monoisotopic (exact) mass is 426 g/mol. The Bertz CT molecular complexity index is 874. The van der Waals surface area contributed by atoms with Crippen LogP contribution in [0.4, 0.5) is 13.2 Å². The fourth-order valence-electron chi connectivity index (χ4n) is 3.27. The summed E-state index contributed by atoms with van der Waals surface area (Å²) in [5.74, 6) is -0.710. The molecule has 0 bridgehead atoms. The topological polar surface area (TPSA) is 58.6 Å². The fourth-order valence-corrected chi connectivity index (χ4v) is 4.09. The Balaban J connectivity index is 1.50. The number of hydrogen-bond donors (Lipinski definition) is 1. The minimum absolute atomic E-state index is 0.0102. The SMILES string of the molecule is COC(=O)c1ccc(C(=O)NC2CCN(Cc3cccc(C(F)(F)F)c3)CC2)s1. The number of nitrogens with one attached hydrogen (secondary N) is 1. The zero-order valence-electron chi connectivity index (χ0n) is 15.8. The van der Waals surface area contributed by atoms with Gasteiger partial charge in [0, 0.05) is 25.7 Å². The maximum atomic E-state index is 12.8. The summed E-state index contributed by atoms with van der Waals surface area (Å²) in [6, 6.07) is 8.51. The molecule has 2 heterocycles. The number of hydrogen-bond acceptors (Lipinski definition) is 5. The van der Waals surface area contributed by atoms with E-state index in [1.54, 1.807) is 18.2 Å². The molecule has 1 aromatic carbocycles. The molecular weight excluding hydrogens is 405 g/mol. The van der Waals surface area contributed by atoms with Crippen molar-refractivity contribution < 1.29 is 27.5 Å². The molecule has 0 unspecified atom stereocenters. The molecular formula is C20H21F3N2O3S. The highest BCUT2D eigenvalue weighted by atomic mass is 32.1. The van der Waals surface area contributed by atoms with Crippen LogP contribution in [0.15, 0.2) is 36.4 Å². The smallest absolute Gasteiger partial charge is 0.416 e. The van der Waals surface area contributed by atoms with Crippen molar-refractivity contribution in [3.8, 4) is 0 Å². The number of nitrogens with zero attached hydrogens (tertiary/aromatic N) is 1. The summed E-state index contributed by atoms with van der Waals surface area (Å²) in [7, 11) is 1.29. The van der Waals surface area contributed by atoms with E-state index >= 15 is 0 Å². The summed E-state index contributed by atoms with van der Waals surface area (Å²) in [6.07, 6.45) is -2.93. The van der Waals surface area contributed by atoms with Crippen molar-refractivity contribution in [3.05, 3.63) is 57.3 Å². The summed E-state index contributed by atoms with van der Waals surface area (Å²) in [4.78, 5) is 26.8. The molecule has 3 rings (SSSR count). The Morgan fingerprint density at radius 3 is 2.52 bits per heavy atom. The number of methoxy groups -OCH3 is 1. The molecule has 0 saturated carbocycles.